The van der Waals surface area contributed by atoms with Crippen molar-refractivity contribution in [2.24, 2.45) is 10.7 Å². The summed E-state index contributed by atoms with van der Waals surface area (Å²) in [5, 5.41) is 0. The molecule has 0 radical (unpaired) electrons. The van der Waals surface area contributed by atoms with Gasteiger partial charge in [-0.05, 0) is 56.7 Å². The lowest BCUT2D eigenvalue weighted by molar-refractivity contribution is 0.0986. The van der Waals surface area contributed by atoms with E-state index in [0.29, 0.717) is 11.5 Å². The molecule has 0 fully saturated rings. The van der Waals surface area contributed by atoms with Crippen molar-refractivity contribution >= 4 is 11.5 Å². The van der Waals surface area contributed by atoms with Crippen LogP contribution >= 0.6 is 0 Å². The molecule has 0 unspecified atom stereocenters. The summed E-state index contributed by atoms with van der Waals surface area (Å²) in [4.78, 5) is 15.0. The van der Waals surface area contributed by atoms with Gasteiger partial charge in [-0.2, -0.15) is 0 Å². The van der Waals surface area contributed by atoms with E-state index in [1.807, 2.05) is 42.5 Å². The minimum Gasteiger partial charge on any atom is -0.488 e. The molecule has 142 valence electrons. The molecule has 0 saturated carbocycles. The molecule has 0 saturated heterocycles. The third-order valence-corrected chi connectivity index (χ3v) is 3.67. The number of nitrogens with two attached hydrogens (primary N) is 1. The monoisotopic (exact) mass is 365 g/mol. The summed E-state index contributed by atoms with van der Waals surface area (Å²) in [6.07, 6.45) is 8.89. The number of benzene rings is 1. The molecule has 27 heavy (non-hydrogen) atoms. The minimum atomic E-state index is -0.160. The molecule has 2 aromatic heterocycles. The molecule has 0 atom stereocenters. The Kier molecular flexibility index (Phi) is 7.55. The molecule has 0 bridgehead atoms. The number of hydrogen-bond donors (Lipinski definition) is 2. The molecule has 3 N–H and O–H groups in total. The van der Waals surface area contributed by atoms with Gasteiger partial charge in [-0.15, -0.1) is 0 Å². The van der Waals surface area contributed by atoms with Crippen LogP contribution in [-0.2, 0) is 0 Å². The fourth-order valence-corrected chi connectivity index (χ4v) is 2.49. The van der Waals surface area contributed by atoms with Crippen LogP contribution in [0.4, 0.5) is 5.69 Å². The van der Waals surface area contributed by atoms with Crippen LogP contribution in [0.15, 0.2) is 72.4 Å². The third-order valence-electron chi connectivity index (χ3n) is 3.67. The molecule has 0 aliphatic heterocycles. The maximum atomic E-state index is 5.99. The first-order chi connectivity index (χ1) is 13.0. The number of rotatable bonds is 6. The Morgan fingerprint density at radius 3 is 2.44 bits per heavy atom. The molecule has 0 spiro atoms. The van der Waals surface area contributed by atoms with E-state index in [4.69, 9.17) is 10.5 Å². The Hall–Kier alpha value is -3.15. The number of pyridine rings is 1. The Morgan fingerprint density at radius 1 is 1.15 bits per heavy atom. The van der Waals surface area contributed by atoms with Gasteiger partial charge in [0.05, 0.1) is 12.0 Å². The third kappa shape index (κ3) is 7.32. The fraction of sp³-hybridized carbons (Fsp3) is 0.286. The normalized spacial score (nSPS) is 11.4. The van der Waals surface area contributed by atoms with Crippen molar-refractivity contribution in [1.82, 2.24) is 15.0 Å². The number of nitrogens with one attached hydrogen (secondary N) is 1. The van der Waals surface area contributed by atoms with Crippen molar-refractivity contribution in [3.63, 3.8) is 0 Å². The van der Waals surface area contributed by atoms with Crippen molar-refractivity contribution in [3.05, 3.63) is 73.1 Å². The van der Waals surface area contributed by atoms with Gasteiger partial charge in [-0.1, -0.05) is 19.4 Å². The first-order valence-electron chi connectivity index (χ1n) is 8.97. The van der Waals surface area contributed by atoms with Gasteiger partial charge in [0.15, 0.2) is 0 Å². The number of aliphatic imine (C=N–C) groups is 1. The molecule has 6 nitrogen and oxygen atoms in total. The predicted molar refractivity (Wildman–Crippen MR) is 109 cm³/mol. The zero-order chi connectivity index (χ0) is 19.5. The van der Waals surface area contributed by atoms with Crippen LogP contribution < -0.4 is 10.5 Å². The van der Waals surface area contributed by atoms with E-state index < -0.39 is 0 Å². The van der Waals surface area contributed by atoms with Crippen molar-refractivity contribution in [1.29, 1.82) is 0 Å². The van der Waals surface area contributed by atoms with Gasteiger partial charge in [-0.25, -0.2) is 9.98 Å². The molecule has 0 aliphatic carbocycles. The second kappa shape index (κ2) is 10.1. The summed E-state index contributed by atoms with van der Waals surface area (Å²) in [6, 6.07) is 13.2. The van der Waals surface area contributed by atoms with Crippen molar-refractivity contribution in [2.45, 2.75) is 39.2 Å². The second-order valence-electron chi connectivity index (χ2n) is 6.58. The van der Waals surface area contributed by atoms with Gasteiger partial charge in [0.25, 0.3) is 0 Å². The van der Waals surface area contributed by atoms with E-state index in [-0.39, 0.29) is 5.60 Å². The Bertz CT molecular complexity index is 779. The minimum absolute atomic E-state index is 0.160. The number of aromatic amines is 1. The number of aromatic nitrogens is 3. The Morgan fingerprint density at radius 2 is 1.93 bits per heavy atom. The zero-order valence-electron chi connectivity index (χ0n) is 16.1. The SMILES string of the molecule is CCCC(C)(C)Oc1ccc(N=C(N)c2ccccn2)cc1.c1c[nH]cn1. The Labute approximate surface area is 160 Å². The van der Waals surface area contributed by atoms with E-state index in [0.717, 1.165) is 24.3 Å². The van der Waals surface area contributed by atoms with Crippen LogP contribution in [0.1, 0.15) is 39.3 Å². The highest BCUT2D eigenvalue weighted by molar-refractivity contribution is 5.97. The zero-order valence-corrected chi connectivity index (χ0v) is 16.1. The summed E-state index contributed by atoms with van der Waals surface area (Å²) in [5.74, 6) is 1.24. The first-order valence-corrected chi connectivity index (χ1v) is 8.97. The molecule has 0 aliphatic rings. The van der Waals surface area contributed by atoms with Gasteiger partial charge in [0, 0.05) is 18.6 Å². The molecule has 3 aromatic rings. The summed E-state index contributed by atoms with van der Waals surface area (Å²) >= 11 is 0. The van der Waals surface area contributed by atoms with Crippen molar-refractivity contribution in [3.8, 4) is 5.75 Å². The van der Waals surface area contributed by atoms with Crippen LogP contribution in [0.5, 0.6) is 5.75 Å². The van der Waals surface area contributed by atoms with Gasteiger partial charge in [0.2, 0.25) is 0 Å². The van der Waals surface area contributed by atoms with Gasteiger partial charge in [0.1, 0.15) is 22.9 Å². The van der Waals surface area contributed by atoms with E-state index >= 15 is 0 Å². The number of amidine groups is 1. The summed E-state index contributed by atoms with van der Waals surface area (Å²) < 4.78 is 5.99. The highest BCUT2D eigenvalue weighted by Gasteiger charge is 2.18. The highest BCUT2D eigenvalue weighted by Crippen LogP contribution is 2.24. The lowest BCUT2D eigenvalue weighted by Gasteiger charge is -2.26. The van der Waals surface area contributed by atoms with Crippen LogP contribution in [0.25, 0.3) is 0 Å². The highest BCUT2D eigenvalue weighted by atomic mass is 16.5. The molecule has 2 heterocycles. The average Bonchev–Trinajstić information content (AvgIpc) is 3.24. The summed E-state index contributed by atoms with van der Waals surface area (Å²) in [6.45, 7) is 6.35. The number of nitrogens with zero attached hydrogens (tertiary/aromatic N) is 3. The smallest absolute Gasteiger partial charge is 0.150 e. The number of imidazole rings is 1. The lowest BCUT2D eigenvalue weighted by atomic mass is 10.0. The quantitative estimate of drug-likeness (QED) is 0.498. The molecular weight excluding hydrogens is 338 g/mol. The van der Waals surface area contributed by atoms with Crippen LogP contribution in [0, 0.1) is 0 Å². The van der Waals surface area contributed by atoms with Gasteiger partial charge < -0.3 is 15.5 Å². The van der Waals surface area contributed by atoms with E-state index in [1.54, 1.807) is 24.9 Å². The predicted octanol–water partition coefficient (Wildman–Crippen LogP) is 4.49. The summed E-state index contributed by atoms with van der Waals surface area (Å²) in [5.41, 5.74) is 7.26. The number of hydrogen-bond acceptors (Lipinski definition) is 4. The molecule has 0 amide bonds. The molecule has 6 heteroatoms. The molecule has 3 rings (SSSR count). The maximum absolute atomic E-state index is 5.99. The largest absolute Gasteiger partial charge is 0.488 e. The summed E-state index contributed by atoms with van der Waals surface area (Å²) in [7, 11) is 0. The van der Waals surface area contributed by atoms with Crippen molar-refractivity contribution in [2.75, 3.05) is 0 Å². The van der Waals surface area contributed by atoms with Crippen molar-refractivity contribution < 1.29 is 4.74 Å². The topological polar surface area (TPSA) is 89.2 Å². The molecule has 1 aromatic carbocycles. The van der Waals surface area contributed by atoms with E-state index in [9.17, 15) is 0 Å². The fourth-order valence-electron chi connectivity index (χ4n) is 2.49. The van der Waals surface area contributed by atoms with Crippen LogP contribution in [-0.4, -0.2) is 26.4 Å². The maximum Gasteiger partial charge on any atom is 0.150 e. The number of ether oxygens (including phenoxy) is 1. The van der Waals surface area contributed by atoms with Crippen LogP contribution in [0.2, 0.25) is 0 Å². The molecular formula is C21H27N5O. The second-order valence-corrected chi connectivity index (χ2v) is 6.58. The first kappa shape index (κ1) is 20.2. The average molecular weight is 365 g/mol. The van der Waals surface area contributed by atoms with E-state index in [2.05, 4.69) is 40.7 Å². The van der Waals surface area contributed by atoms with Gasteiger partial charge >= 0.3 is 0 Å². The van der Waals surface area contributed by atoms with Gasteiger partial charge in [-0.3, -0.25) is 4.98 Å². The van der Waals surface area contributed by atoms with Crippen LogP contribution in [0.3, 0.4) is 0 Å². The van der Waals surface area contributed by atoms with E-state index in [1.165, 1.54) is 0 Å². The number of H-pyrrole nitrogens is 1. The standard InChI is InChI=1S/C18H23N3O.C3H4N2/c1-4-12-18(2,3)22-15-10-8-14(9-11-15)21-17(19)16-7-5-6-13-20-16;1-2-5-3-4-1/h5-11,13H,4,12H2,1-3H3,(H2,19,21);1-3H,(H,4,5). The lowest BCUT2D eigenvalue weighted by Crippen LogP contribution is -2.27. The Balaban J connectivity index is 0.000000451.